The van der Waals surface area contributed by atoms with Crippen molar-refractivity contribution in [3.05, 3.63) is 36.9 Å². The van der Waals surface area contributed by atoms with Crippen LogP contribution >= 0.6 is 0 Å². The number of hydrogen-bond donors (Lipinski definition) is 2. The van der Waals surface area contributed by atoms with Crippen LogP contribution < -0.4 is 15.5 Å². The molecule has 19 heavy (non-hydrogen) atoms. The molecule has 2 N–H and O–H groups in total. The Morgan fingerprint density at radius 2 is 2.11 bits per heavy atom. The van der Waals surface area contributed by atoms with E-state index in [9.17, 15) is 9.59 Å². The molecule has 1 aliphatic rings. The summed E-state index contributed by atoms with van der Waals surface area (Å²) in [6, 6.07) is 6.98. The molecule has 0 aliphatic carbocycles. The summed E-state index contributed by atoms with van der Waals surface area (Å²) in [4.78, 5) is 24.8. The molecule has 1 aliphatic heterocycles. The quantitative estimate of drug-likeness (QED) is 0.814. The van der Waals surface area contributed by atoms with Gasteiger partial charge in [-0.15, -0.1) is 6.58 Å². The van der Waals surface area contributed by atoms with Crippen molar-refractivity contribution >= 4 is 23.3 Å². The standard InChI is InChI=1S/C14H17N3O2/c1-2-9-15-14(19)16-11-5-7-12(8-6-11)17-10-3-4-13(17)18/h2,5-8H,1,3-4,9-10H2,(H2,15,16,19). The monoisotopic (exact) mass is 259 g/mol. The van der Waals surface area contributed by atoms with E-state index >= 15 is 0 Å². The number of hydrogen-bond acceptors (Lipinski definition) is 2. The maximum absolute atomic E-state index is 11.6. The summed E-state index contributed by atoms with van der Waals surface area (Å²) in [5, 5.41) is 5.33. The molecule has 1 heterocycles. The van der Waals surface area contributed by atoms with Gasteiger partial charge in [0, 0.05) is 30.9 Å². The van der Waals surface area contributed by atoms with Crippen LogP contribution in [0.25, 0.3) is 0 Å². The zero-order valence-electron chi connectivity index (χ0n) is 10.7. The fourth-order valence-electron chi connectivity index (χ4n) is 1.99. The highest BCUT2D eigenvalue weighted by molar-refractivity contribution is 5.96. The van der Waals surface area contributed by atoms with Crippen LogP contribution in [0.15, 0.2) is 36.9 Å². The van der Waals surface area contributed by atoms with Crippen molar-refractivity contribution < 1.29 is 9.59 Å². The molecule has 0 aromatic heterocycles. The second-order valence-corrected chi connectivity index (χ2v) is 4.32. The first kappa shape index (κ1) is 13.1. The highest BCUT2D eigenvalue weighted by Crippen LogP contribution is 2.22. The average Bonchev–Trinajstić information content (AvgIpc) is 2.83. The van der Waals surface area contributed by atoms with Crippen LogP contribution in [0.4, 0.5) is 16.2 Å². The van der Waals surface area contributed by atoms with Gasteiger partial charge < -0.3 is 15.5 Å². The number of nitrogens with one attached hydrogen (secondary N) is 2. The van der Waals surface area contributed by atoms with Crippen molar-refractivity contribution in [2.45, 2.75) is 12.8 Å². The van der Waals surface area contributed by atoms with Crippen molar-refractivity contribution in [3.8, 4) is 0 Å². The third-order valence-electron chi connectivity index (χ3n) is 2.92. The number of amides is 3. The van der Waals surface area contributed by atoms with Gasteiger partial charge in [-0.25, -0.2) is 4.79 Å². The second-order valence-electron chi connectivity index (χ2n) is 4.32. The van der Waals surface area contributed by atoms with Crippen LogP contribution in [0.3, 0.4) is 0 Å². The van der Waals surface area contributed by atoms with Gasteiger partial charge in [-0.3, -0.25) is 4.79 Å². The molecule has 0 spiro atoms. The first-order chi connectivity index (χ1) is 9.20. The minimum absolute atomic E-state index is 0.157. The topological polar surface area (TPSA) is 61.4 Å². The van der Waals surface area contributed by atoms with E-state index in [1.165, 1.54) is 0 Å². The maximum atomic E-state index is 11.6. The minimum Gasteiger partial charge on any atom is -0.334 e. The number of anilines is 2. The molecule has 5 nitrogen and oxygen atoms in total. The highest BCUT2D eigenvalue weighted by atomic mass is 16.2. The molecule has 5 heteroatoms. The van der Waals surface area contributed by atoms with Crippen molar-refractivity contribution in [1.82, 2.24) is 5.32 Å². The lowest BCUT2D eigenvalue weighted by molar-refractivity contribution is -0.117. The largest absolute Gasteiger partial charge is 0.334 e. The summed E-state index contributed by atoms with van der Waals surface area (Å²) in [6.45, 7) is 4.71. The predicted octanol–water partition coefficient (Wildman–Crippen LogP) is 2.12. The van der Waals surface area contributed by atoms with E-state index in [4.69, 9.17) is 0 Å². The second kappa shape index (κ2) is 6.04. The minimum atomic E-state index is -0.273. The summed E-state index contributed by atoms with van der Waals surface area (Å²) >= 11 is 0. The first-order valence-electron chi connectivity index (χ1n) is 6.27. The van der Waals surface area contributed by atoms with E-state index in [0.717, 1.165) is 18.7 Å². The van der Waals surface area contributed by atoms with Crippen LogP contribution in [0.1, 0.15) is 12.8 Å². The van der Waals surface area contributed by atoms with Gasteiger partial charge in [0.1, 0.15) is 0 Å². The Hall–Kier alpha value is -2.30. The number of rotatable bonds is 4. The summed E-state index contributed by atoms with van der Waals surface area (Å²) in [5.74, 6) is 0.157. The van der Waals surface area contributed by atoms with E-state index < -0.39 is 0 Å². The number of carbonyl (C=O) groups is 2. The third kappa shape index (κ3) is 3.34. The predicted molar refractivity (Wildman–Crippen MR) is 75.2 cm³/mol. The Labute approximate surface area is 112 Å². The Balaban J connectivity index is 1.96. The van der Waals surface area contributed by atoms with E-state index in [2.05, 4.69) is 17.2 Å². The van der Waals surface area contributed by atoms with E-state index in [0.29, 0.717) is 18.7 Å². The Morgan fingerprint density at radius 3 is 2.68 bits per heavy atom. The zero-order chi connectivity index (χ0) is 13.7. The van der Waals surface area contributed by atoms with Gasteiger partial charge >= 0.3 is 6.03 Å². The highest BCUT2D eigenvalue weighted by Gasteiger charge is 2.21. The lowest BCUT2D eigenvalue weighted by Gasteiger charge is -2.16. The number of urea groups is 1. The molecule has 1 aromatic rings. The van der Waals surface area contributed by atoms with Crippen LogP contribution in [0.5, 0.6) is 0 Å². The van der Waals surface area contributed by atoms with Crippen LogP contribution in [0.2, 0.25) is 0 Å². The summed E-state index contributed by atoms with van der Waals surface area (Å²) < 4.78 is 0. The maximum Gasteiger partial charge on any atom is 0.319 e. The van der Waals surface area contributed by atoms with Gasteiger partial charge in [0.05, 0.1) is 0 Å². The van der Waals surface area contributed by atoms with Crippen molar-refractivity contribution in [3.63, 3.8) is 0 Å². The lowest BCUT2D eigenvalue weighted by Crippen LogP contribution is -2.28. The molecular formula is C14H17N3O2. The molecule has 0 radical (unpaired) electrons. The van der Waals surface area contributed by atoms with Crippen molar-refractivity contribution in [2.24, 2.45) is 0 Å². The summed E-state index contributed by atoms with van der Waals surface area (Å²) in [5.41, 5.74) is 1.57. The summed E-state index contributed by atoms with van der Waals surface area (Å²) in [7, 11) is 0. The molecule has 0 atom stereocenters. The van der Waals surface area contributed by atoms with Crippen LogP contribution in [-0.2, 0) is 4.79 Å². The van der Waals surface area contributed by atoms with E-state index in [1.54, 1.807) is 23.1 Å². The molecule has 3 amide bonds. The normalized spacial score (nSPS) is 14.3. The SMILES string of the molecule is C=CCNC(=O)Nc1ccc(N2CCCC2=O)cc1. The molecule has 2 rings (SSSR count). The van der Waals surface area contributed by atoms with Gasteiger partial charge in [0.15, 0.2) is 0 Å². The smallest absolute Gasteiger partial charge is 0.319 e. The molecule has 1 aromatic carbocycles. The van der Waals surface area contributed by atoms with Gasteiger partial charge in [0.2, 0.25) is 5.91 Å². The summed E-state index contributed by atoms with van der Waals surface area (Å²) in [6.07, 6.45) is 3.13. The molecule has 1 saturated heterocycles. The van der Waals surface area contributed by atoms with Gasteiger partial charge in [-0.2, -0.15) is 0 Å². The zero-order valence-corrected chi connectivity index (χ0v) is 10.7. The molecule has 0 unspecified atom stereocenters. The van der Waals surface area contributed by atoms with Crippen molar-refractivity contribution in [1.29, 1.82) is 0 Å². The number of nitrogens with zero attached hydrogens (tertiary/aromatic N) is 1. The molecule has 0 saturated carbocycles. The van der Waals surface area contributed by atoms with Crippen LogP contribution in [0, 0.1) is 0 Å². The Kier molecular flexibility index (Phi) is 4.18. The Morgan fingerprint density at radius 1 is 1.37 bits per heavy atom. The van der Waals surface area contributed by atoms with Gasteiger partial charge in [0.25, 0.3) is 0 Å². The van der Waals surface area contributed by atoms with Crippen LogP contribution in [-0.4, -0.2) is 25.0 Å². The molecule has 1 fully saturated rings. The molecule has 0 bridgehead atoms. The molecule has 100 valence electrons. The number of carbonyl (C=O) groups excluding carboxylic acids is 2. The third-order valence-corrected chi connectivity index (χ3v) is 2.92. The average molecular weight is 259 g/mol. The van der Waals surface area contributed by atoms with E-state index in [-0.39, 0.29) is 11.9 Å². The molecular weight excluding hydrogens is 242 g/mol. The van der Waals surface area contributed by atoms with Gasteiger partial charge in [-0.1, -0.05) is 6.08 Å². The lowest BCUT2D eigenvalue weighted by atomic mass is 10.2. The fraction of sp³-hybridized carbons (Fsp3) is 0.286. The van der Waals surface area contributed by atoms with Gasteiger partial charge in [-0.05, 0) is 30.7 Å². The number of benzene rings is 1. The van der Waals surface area contributed by atoms with E-state index in [1.807, 2.05) is 12.1 Å². The van der Waals surface area contributed by atoms with Crippen molar-refractivity contribution in [2.75, 3.05) is 23.3 Å². The first-order valence-corrected chi connectivity index (χ1v) is 6.27. The Bertz CT molecular complexity index is 482. The fourth-order valence-corrected chi connectivity index (χ4v) is 1.99.